The van der Waals surface area contributed by atoms with Crippen molar-refractivity contribution in [2.45, 2.75) is 26.3 Å². The van der Waals surface area contributed by atoms with Gasteiger partial charge in [-0.05, 0) is 52.9 Å². The number of amides is 1. The quantitative estimate of drug-likeness (QED) is 0.446. The number of nitrogens with zero attached hydrogens (tertiary/aromatic N) is 2. The fourth-order valence-electron chi connectivity index (χ4n) is 3.07. The average Bonchev–Trinajstić information content (AvgIpc) is 3.21. The molecule has 150 valence electrons. The molecule has 5 nitrogen and oxygen atoms in total. The highest BCUT2D eigenvalue weighted by Crippen LogP contribution is 2.23. The molecule has 0 bridgehead atoms. The highest BCUT2D eigenvalue weighted by molar-refractivity contribution is 5.91. The van der Waals surface area contributed by atoms with Gasteiger partial charge in [0.2, 0.25) is 11.8 Å². The van der Waals surface area contributed by atoms with E-state index in [0.717, 1.165) is 16.7 Å². The Bertz CT molecular complexity index is 1140. The van der Waals surface area contributed by atoms with E-state index in [1.54, 1.807) is 12.3 Å². The van der Waals surface area contributed by atoms with E-state index in [0.29, 0.717) is 29.6 Å². The highest BCUT2D eigenvalue weighted by Gasteiger charge is 2.08. The Labute approximate surface area is 175 Å². The maximum atomic E-state index is 12.1. The van der Waals surface area contributed by atoms with Crippen LogP contribution in [0.4, 0.5) is 0 Å². The maximum absolute atomic E-state index is 12.1. The zero-order chi connectivity index (χ0) is 20.9. The Morgan fingerprint density at radius 3 is 2.53 bits per heavy atom. The van der Waals surface area contributed by atoms with Crippen LogP contribution in [0.15, 0.2) is 77.4 Å². The van der Waals surface area contributed by atoms with Crippen molar-refractivity contribution in [3.63, 3.8) is 0 Å². The van der Waals surface area contributed by atoms with Crippen LogP contribution in [0.1, 0.15) is 36.5 Å². The molecule has 4 rings (SSSR count). The molecule has 0 saturated heterocycles. The molecular weight excluding hydrogens is 374 g/mol. The molecule has 0 atom stereocenters. The van der Waals surface area contributed by atoms with Gasteiger partial charge in [-0.2, -0.15) is 4.98 Å². The van der Waals surface area contributed by atoms with Gasteiger partial charge in [0.1, 0.15) is 0 Å². The second-order valence-corrected chi connectivity index (χ2v) is 7.41. The van der Waals surface area contributed by atoms with Gasteiger partial charge in [0.05, 0.1) is 0 Å². The molecule has 0 aliphatic heterocycles. The molecule has 0 unspecified atom stereocenters. The summed E-state index contributed by atoms with van der Waals surface area (Å²) in [4.78, 5) is 20.7. The van der Waals surface area contributed by atoms with E-state index in [1.807, 2.05) is 54.6 Å². The monoisotopic (exact) mass is 397 g/mol. The Hall–Kier alpha value is -3.73. The summed E-state index contributed by atoms with van der Waals surface area (Å²) in [5, 5.41) is 2.90. The zero-order valence-corrected chi connectivity index (χ0v) is 17.0. The molecular formula is C25H23N3O2. The van der Waals surface area contributed by atoms with Gasteiger partial charge in [0.25, 0.3) is 0 Å². The largest absolute Gasteiger partial charge is 0.434 e. The third-order valence-electron chi connectivity index (χ3n) is 4.86. The molecule has 0 saturated carbocycles. The van der Waals surface area contributed by atoms with Crippen molar-refractivity contribution in [1.82, 2.24) is 15.3 Å². The first-order chi connectivity index (χ1) is 14.6. The van der Waals surface area contributed by atoms with Crippen LogP contribution in [0.2, 0.25) is 0 Å². The van der Waals surface area contributed by atoms with Crippen molar-refractivity contribution < 1.29 is 9.21 Å². The lowest BCUT2D eigenvalue weighted by Gasteiger charge is -2.05. The summed E-state index contributed by atoms with van der Waals surface area (Å²) in [6.07, 6.45) is 5.07. The molecule has 2 aromatic heterocycles. The standard InChI is InChI=1S/C25H23N3O2/c1-17(2)20-10-5-18(6-11-20)9-14-23(29)27-16-19-7-12-21(13-8-19)25-28-24-22(30-25)4-3-15-26-24/h3-15,17H,16H2,1-2H3,(H,27,29)/b14-9+. The molecule has 2 aromatic carbocycles. The second-order valence-electron chi connectivity index (χ2n) is 7.41. The smallest absolute Gasteiger partial charge is 0.244 e. The number of aromatic nitrogens is 2. The van der Waals surface area contributed by atoms with Crippen molar-refractivity contribution in [3.05, 3.63) is 89.6 Å². The highest BCUT2D eigenvalue weighted by atomic mass is 16.3. The van der Waals surface area contributed by atoms with E-state index in [4.69, 9.17) is 4.42 Å². The maximum Gasteiger partial charge on any atom is 0.244 e. The van der Waals surface area contributed by atoms with Crippen LogP contribution in [0.5, 0.6) is 0 Å². The third kappa shape index (κ3) is 4.63. The Morgan fingerprint density at radius 2 is 1.83 bits per heavy atom. The molecule has 0 aliphatic carbocycles. The lowest BCUT2D eigenvalue weighted by molar-refractivity contribution is -0.116. The van der Waals surface area contributed by atoms with E-state index >= 15 is 0 Å². The molecule has 0 spiro atoms. The average molecular weight is 397 g/mol. The predicted octanol–water partition coefficient (Wildman–Crippen LogP) is 5.34. The van der Waals surface area contributed by atoms with Gasteiger partial charge in [0, 0.05) is 24.4 Å². The van der Waals surface area contributed by atoms with Gasteiger partial charge in [-0.15, -0.1) is 0 Å². The van der Waals surface area contributed by atoms with Crippen LogP contribution < -0.4 is 5.32 Å². The summed E-state index contributed by atoms with van der Waals surface area (Å²) >= 11 is 0. The number of hydrogen-bond donors (Lipinski definition) is 1. The minimum atomic E-state index is -0.128. The number of carbonyl (C=O) groups excluding carboxylic acids is 1. The van der Waals surface area contributed by atoms with E-state index < -0.39 is 0 Å². The lowest BCUT2D eigenvalue weighted by atomic mass is 10.0. The van der Waals surface area contributed by atoms with Gasteiger partial charge in [-0.25, -0.2) is 4.98 Å². The van der Waals surface area contributed by atoms with Crippen LogP contribution in [-0.2, 0) is 11.3 Å². The number of oxazole rings is 1. The van der Waals surface area contributed by atoms with Crippen LogP contribution in [0, 0.1) is 0 Å². The van der Waals surface area contributed by atoms with E-state index in [1.165, 1.54) is 5.56 Å². The number of rotatable bonds is 6. The number of benzene rings is 2. The first kappa shape index (κ1) is 19.6. The molecule has 2 heterocycles. The number of hydrogen-bond acceptors (Lipinski definition) is 4. The summed E-state index contributed by atoms with van der Waals surface area (Å²) in [5.74, 6) is 0.903. The van der Waals surface area contributed by atoms with Gasteiger partial charge in [-0.3, -0.25) is 4.79 Å². The summed E-state index contributed by atoms with van der Waals surface area (Å²) in [5.41, 5.74) is 5.41. The Balaban J connectivity index is 1.33. The molecule has 1 N–H and O–H groups in total. The first-order valence-electron chi connectivity index (χ1n) is 9.95. The summed E-state index contributed by atoms with van der Waals surface area (Å²) < 4.78 is 5.73. The van der Waals surface area contributed by atoms with Crippen molar-refractivity contribution in [2.24, 2.45) is 0 Å². The van der Waals surface area contributed by atoms with Gasteiger partial charge >= 0.3 is 0 Å². The van der Waals surface area contributed by atoms with Gasteiger partial charge < -0.3 is 9.73 Å². The summed E-state index contributed by atoms with van der Waals surface area (Å²) in [7, 11) is 0. The molecule has 30 heavy (non-hydrogen) atoms. The molecule has 0 fully saturated rings. The first-order valence-corrected chi connectivity index (χ1v) is 9.95. The number of fused-ring (bicyclic) bond motifs is 1. The number of nitrogens with one attached hydrogen (secondary N) is 1. The molecule has 4 aromatic rings. The predicted molar refractivity (Wildman–Crippen MR) is 119 cm³/mol. The minimum absolute atomic E-state index is 0.128. The lowest BCUT2D eigenvalue weighted by Crippen LogP contribution is -2.20. The van der Waals surface area contributed by atoms with Crippen molar-refractivity contribution in [2.75, 3.05) is 0 Å². The van der Waals surface area contributed by atoms with Crippen LogP contribution in [0.25, 0.3) is 28.8 Å². The van der Waals surface area contributed by atoms with E-state index in [-0.39, 0.29) is 5.91 Å². The van der Waals surface area contributed by atoms with Crippen LogP contribution in [0.3, 0.4) is 0 Å². The normalized spacial score (nSPS) is 11.4. The van der Waals surface area contributed by atoms with Crippen molar-refractivity contribution in [1.29, 1.82) is 0 Å². The van der Waals surface area contributed by atoms with Gasteiger partial charge in [-0.1, -0.05) is 50.2 Å². The molecule has 1 amide bonds. The Kier molecular flexibility index (Phi) is 5.70. The zero-order valence-electron chi connectivity index (χ0n) is 17.0. The second kappa shape index (κ2) is 8.74. The summed E-state index contributed by atoms with van der Waals surface area (Å²) in [6, 6.07) is 19.7. The summed E-state index contributed by atoms with van der Waals surface area (Å²) in [6.45, 7) is 4.77. The molecule has 5 heteroatoms. The third-order valence-corrected chi connectivity index (χ3v) is 4.86. The van der Waals surface area contributed by atoms with Crippen molar-refractivity contribution in [3.8, 4) is 11.5 Å². The topological polar surface area (TPSA) is 68.0 Å². The fourth-order valence-corrected chi connectivity index (χ4v) is 3.07. The molecule has 0 aliphatic rings. The van der Waals surface area contributed by atoms with E-state index in [9.17, 15) is 4.79 Å². The minimum Gasteiger partial charge on any atom is -0.434 e. The van der Waals surface area contributed by atoms with Gasteiger partial charge in [0.15, 0.2) is 11.2 Å². The SMILES string of the molecule is CC(C)c1ccc(/C=C/C(=O)NCc2ccc(-c3nc4ncccc4o3)cc2)cc1. The fraction of sp³-hybridized carbons (Fsp3) is 0.160. The van der Waals surface area contributed by atoms with Crippen LogP contribution in [-0.4, -0.2) is 15.9 Å². The van der Waals surface area contributed by atoms with Crippen LogP contribution >= 0.6 is 0 Å². The Morgan fingerprint density at radius 1 is 1.07 bits per heavy atom. The molecule has 0 radical (unpaired) electrons. The number of carbonyl (C=O) groups is 1. The number of pyridine rings is 1. The van der Waals surface area contributed by atoms with Crippen molar-refractivity contribution >= 4 is 23.2 Å². The van der Waals surface area contributed by atoms with E-state index in [2.05, 4.69) is 41.3 Å².